The quantitative estimate of drug-likeness (QED) is 0.657. The van der Waals surface area contributed by atoms with E-state index in [1.165, 1.54) is 23.5 Å². The molecule has 0 bridgehead atoms. The second-order valence-electron chi connectivity index (χ2n) is 4.05. The molecular formula is C14H10FNOS. The summed E-state index contributed by atoms with van der Waals surface area (Å²) in [5.74, 6) is -0.184. The number of ketones is 1. The van der Waals surface area contributed by atoms with E-state index in [9.17, 15) is 9.18 Å². The van der Waals surface area contributed by atoms with E-state index < -0.39 is 0 Å². The van der Waals surface area contributed by atoms with Gasteiger partial charge in [-0.25, -0.2) is 4.39 Å². The third-order valence-corrected chi connectivity index (χ3v) is 3.75. The summed E-state index contributed by atoms with van der Waals surface area (Å²) in [4.78, 5) is 12.7. The number of nitrogens with zero attached hydrogens (tertiary/aromatic N) is 1. The number of halogens is 1. The lowest BCUT2D eigenvalue weighted by Gasteiger charge is -2.03. The molecule has 0 saturated carbocycles. The van der Waals surface area contributed by atoms with Crippen LogP contribution in [0, 0.1) is 5.82 Å². The van der Waals surface area contributed by atoms with Gasteiger partial charge in [0.2, 0.25) is 0 Å². The minimum absolute atomic E-state index is 0.0758. The van der Waals surface area contributed by atoms with Crippen molar-refractivity contribution in [3.8, 4) is 0 Å². The molecule has 2 heterocycles. The summed E-state index contributed by atoms with van der Waals surface area (Å²) in [7, 11) is 0. The van der Waals surface area contributed by atoms with Gasteiger partial charge in [0.1, 0.15) is 5.82 Å². The number of benzene rings is 1. The SMILES string of the molecule is O=C(Cn1ccc2cc(F)ccc21)c1cccs1. The van der Waals surface area contributed by atoms with Crippen LogP contribution in [-0.4, -0.2) is 10.4 Å². The van der Waals surface area contributed by atoms with Gasteiger partial charge >= 0.3 is 0 Å². The number of Topliss-reactive ketones (excluding diaryl/α,β-unsaturated/α-hetero) is 1. The third kappa shape index (κ3) is 1.95. The second-order valence-corrected chi connectivity index (χ2v) is 4.99. The Balaban J connectivity index is 1.94. The number of carbonyl (C=O) groups is 1. The molecule has 0 saturated heterocycles. The molecule has 1 aromatic carbocycles. The van der Waals surface area contributed by atoms with Crippen LogP contribution >= 0.6 is 11.3 Å². The smallest absolute Gasteiger partial charge is 0.192 e. The van der Waals surface area contributed by atoms with Crippen LogP contribution in [0.3, 0.4) is 0 Å². The van der Waals surface area contributed by atoms with Crippen LogP contribution in [-0.2, 0) is 6.54 Å². The van der Waals surface area contributed by atoms with Gasteiger partial charge in [-0.15, -0.1) is 11.3 Å². The van der Waals surface area contributed by atoms with Gasteiger partial charge in [0.25, 0.3) is 0 Å². The van der Waals surface area contributed by atoms with Crippen molar-refractivity contribution in [2.24, 2.45) is 0 Å². The zero-order valence-electron chi connectivity index (χ0n) is 9.47. The lowest BCUT2D eigenvalue weighted by Crippen LogP contribution is -2.07. The zero-order chi connectivity index (χ0) is 12.5. The summed E-state index contributed by atoms with van der Waals surface area (Å²) in [6.07, 6.45) is 1.82. The average molecular weight is 259 g/mol. The van der Waals surface area contributed by atoms with Crippen molar-refractivity contribution in [2.75, 3.05) is 0 Å². The van der Waals surface area contributed by atoms with Crippen LogP contribution in [0.15, 0.2) is 48.0 Å². The average Bonchev–Trinajstić information content (AvgIpc) is 2.98. The zero-order valence-corrected chi connectivity index (χ0v) is 10.3. The van der Waals surface area contributed by atoms with Gasteiger partial charge in [-0.3, -0.25) is 4.79 Å². The second kappa shape index (κ2) is 4.38. The summed E-state index contributed by atoms with van der Waals surface area (Å²) in [5, 5.41) is 2.70. The lowest BCUT2D eigenvalue weighted by atomic mass is 10.2. The Morgan fingerprint density at radius 1 is 1.28 bits per heavy atom. The molecule has 0 spiro atoms. The molecule has 2 nitrogen and oxygen atoms in total. The molecule has 90 valence electrons. The highest BCUT2D eigenvalue weighted by Crippen LogP contribution is 2.18. The molecule has 18 heavy (non-hydrogen) atoms. The molecule has 0 fully saturated rings. The Bertz CT molecular complexity index is 700. The third-order valence-electron chi connectivity index (χ3n) is 2.84. The van der Waals surface area contributed by atoms with Crippen LogP contribution in [0.4, 0.5) is 4.39 Å². The first-order chi connectivity index (χ1) is 8.74. The molecule has 3 rings (SSSR count). The molecule has 4 heteroatoms. The molecule has 2 aromatic heterocycles. The molecule has 0 N–H and O–H groups in total. The van der Waals surface area contributed by atoms with Crippen molar-refractivity contribution in [3.05, 3.63) is 58.7 Å². The fourth-order valence-electron chi connectivity index (χ4n) is 1.98. The first-order valence-corrected chi connectivity index (χ1v) is 6.43. The van der Waals surface area contributed by atoms with Gasteiger partial charge in [0, 0.05) is 17.1 Å². The highest BCUT2D eigenvalue weighted by molar-refractivity contribution is 7.12. The molecule has 0 amide bonds. The minimum Gasteiger partial charge on any atom is -0.340 e. The maximum atomic E-state index is 13.1. The topological polar surface area (TPSA) is 22.0 Å². The largest absolute Gasteiger partial charge is 0.340 e. The van der Waals surface area contributed by atoms with Crippen LogP contribution in [0.2, 0.25) is 0 Å². The number of thiophene rings is 1. The van der Waals surface area contributed by atoms with Gasteiger partial charge in [0.15, 0.2) is 5.78 Å². The van der Waals surface area contributed by atoms with Gasteiger partial charge in [-0.05, 0) is 35.7 Å². The number of rotatable bonds is 3. The maximum Gasteiger partial charge on any atom is 0.192 e. The van der Waals surface area contributed by atoms with Gasteiger partial charge < -0.3 is 4.57 Å². The van der Waals surface area contributed by atoms with E-state index in [-0.39, 0.29) is 18.1 Å². The Hall–Kier alpha value is -1.94. The standard InChI is InChI=1S/C14H10FNOS/c15-11-3-4-12-10(8-11)5-6-16(12)9-13(17)14-2-1-7-18-14/h1-8H,9H2. The molecule has 0 aliphatic rings. The number of carbonyl (C=O) groups excluding carboxylic acids is 1. The van der Waals surface area contributed by atoms with E-state index in [0.29, 0.717) is 0 Å². The maximum absolute atomic E-state index is 13.1. The molecule has 0 atom stereocenters. The first-order valence-electron chi connectivity index (χ1n) is 5.55. The summed E-state index contributed by atoms with van der Waals surface area (Å²) in [6.45, 7) is 0.287. The Morgan fingerprint density at radius 3 is 2.94 bits per heavy atom. The summed E-state index contributed by atoms with van der Waals surface area (Å²) in [6, 6.07) is 10.1. The first kappa shape index (κ1) is 11.2. The van der Waals surface area contributed by atoms with E-state index in [1.54, 1.807) is 6.07 Å². The summed E-state index contributed by atoms with van der Waals surface area (Å²) in [5.41, 5.74) is 0.876. The molecular weight excluding hydrogens is 249 g/mol. The Morgan fingerprint density at radius 2 is 2.17 bits per heavy atom. The fraction of sp³-hybridized carbons (Fsp3) is 0.0714. The van der Waals surface area contributed by atoms with Gasteiger partial charge in [-0.1, -0.05) is 6.07 Å². The van der Waals surface area contributed by atoms with Crippen LogP contribution in [0.1, 0.15) is 9.67 Å². The van der Waals surface area contributed by atoms with Crippen molar-refractivity contribution in [1.29, 1.82) is 0 Å². The summed E-state index contributed by atoms with van der Waals surface area (Å²) < 4.78 is 14.9. The summed E-state index contributed by atoms with van der Waals surface area (Å²) >= 11 is 1.44. The number of fused-ring (bicyclic) bond motifs is 1. The Kier molecular flexibility index (Phi) is 2.72. The fourth-order valence-corrected chi connectivity index (χ4v) is 2.64. The monoisotopic (exact) mass is 259 g/mol. The van der Waals surface area contributed by atoms with Gasteiger partial charge in [-0.2, -0.15) is 0 Å². The molecule has 0 aliphatic carbocycles. The molecule has 0 aliphatic heterocycles. The van der Waals surface area contributed by atoms with E-state index >= 15 is 0 Å². The highest BCUT2D eigenvalue weighted by Gasteiger charge is 2.09. The van der Waals surface area contributed by atoms with Gasteiger partial charge in [0.05, 0.1) is 11.4 Å². The Labute approximate surface area is 107 Å². The molecule has 0 unspecified atom stereocenters. The van der Waals surface area contributed by atoms with E-state index in [2.05, 4.69) is 0 Å². The van der Waals surface area contributed by atoms with Crippen molar-refractivity contribution in [2.45, 2.75) is 6.54 Å². The van der Waals surface area contributed by atoms with Crippen molar-refractivity contribution in [3.63, 3.8) is 0 Å². The normalized spacial score (nSPS) is 10.9. The highest BCUT2D eigenvalue weighted by atomic mass is 32.1. The van der Waals surface area contributed by atoms with E-state index in [1.807, 2.05) is 34.3 Å². The minimum atomic E-state index is -0.259. The predicted molar refractivity (Wildman–Crippen MR) is 70.5 cm³/mol. The van der Waals surface area contributed by atoms with Crippen LogP contribution in [0.5, 0.6) is 0 Å². The van der Waals surface area contributed by atoms with Crippen LogP contribution < -0.4 is 0 Å². The van der Waals surface area contributed by atoms with Crippen LogP contribution in [0.25, 0.3) is 10.9 Å². The molecule has 0 radical (unpaired) electrons. The number of hydrogen-bond acceptors (Lipinski definition) is 2. The number of hydrogen-bond donors (Lipinski definition) is 0. The van der Waals surface area contributed by atoms with E-state index in [0.717, 1.165) is 15.8 Å². The predicted octanol–water partition coefficient (Wildman–Crippen LogP) is 3.72. The van der Waals surface area contributed by atoms with Crippen molar-refractivity contribution < 1.29 is 9.18 Å². The van der Waals surface area contributed by atoms with Crippen molar-refractivity contribution >= 4 is 28.0 Å². The molecule has 3 aromatic rings. The lowest BCUT2D eigenvalue weighted by molar-refractivity contribution is 0.0977. The van der Waals surface area contributed by atoms with E-state index in [4.69, 9.17) is 0 Å². The van der Waals surface area contributed by atoms with Crippen molar-refractivity contribution in [1.82, 2.24) is 4.57 Å². The number of aromatic nitrogens is 1.